The molecule has 3 nitrogen and oxygen atoms in total. The maximum absolute atomic E-state index is 5.93. The summed E-state index contributed by atoms with van der Waals surface area (Å²) in [6, 6.07) is 1.68. The van der Waals surface area contributed by atoms with Gasteiger partial charge in [0, 0.05) is 12.5 Å². The van der Waals surface area contributed by atoms with Crippen LogP contribution in [-0.4, -0.2) is 16.6 Å². The van der Waals surface area contributed by atoms with Gasteiger partial charge in [-0.3, -0.25) is 0 Å². The third-order valence-electron chi connectivity index (χ3n) is 2.49. The van der Waals surface area contributed by atoms with Crippen LogP contribution in [0.3, 0.4) is 0 Å². The van der Waals surface area contributed by atoms with Gasteiger partial charge in [0.05, 0.1) is 6.61 Å². The molecule has 0 radical (unpaired) electrons. The first-order valence-electron chi connectivity index (χ1n) is 6.32. The van der Waals surface area contributed by atoms with E-state index in [-0.39, 0.29) is 0 Å². The first-order valence-corrected chi connectivity index (χ1v) is 6.69. The zero-order valence-corrected chi connectivity index (χ0v) is 11.6. The van der Waals surface area contributed by atoms with E-state index >= 15 is 0 Å². The van der Waals surface area contributed by atoms with Crippen LogP contribution in [-0.2, 0) is 6.42 Å². The highest BCUT2D eigenvalue weighted by atomic mass is 35.5. The minimum Gasteiger partial charge on any atom is -0.477 e. The molecule has 0 saturated heterocycles. The number of hydrogen-bond acceptors (Lipinski definition) is 3. The Morgan fingerprint density at radius 2 is 2.06 bits per heavy atom. The normalized spacial score (nSPS) is 12.5. The molecule has 1 rings (SSSR count). The van der Waals surface area contributed by atoms with Crippen molar-refractivity contribution >= 4 is 11.6 Å². The molecule has 0 aliphatic carbocycles. The molecule has 0 aromatic carbocycles. The van der Waals surface area contributed by atoms with Gasteiger partial charge in [-0.25, -0.2) is 4.98 Å². The van der Waals surface area contributed by atoms with Crippen LogP contribution in [0.1, 0.15) is 45.9 Å². The van der Waals surface area contributed by atoms with Crippen LogP contribution in [0.25, 0.3) is 0 Å². The van der Waals surface area contributed by atoms with E-state index < -0.39 is 0 Å². The number of nitrogens with zero attached hydrogens (tertiary/aromatic N) is 2. The molecule has 17 heavy (non-hydrogen) atoms. The molecule has 1 heterocycles. The quantitative estimate of drug-likeness (QED) is 0.694. The Kier molecular flexibility index (Phi) is 6.27. The van der Waals surface area contributed by atoms with E-state index in [1.54, 1.807) is 6.07 Å². The summed E-state index contributed by atoms with van der Waals surface area (Å²) in [6.45, 7) is 7.14. The van der Waals surface area contributed by atoms with Crippen molar-refractivity contribution in [3.05, 3.63) is 17.0 Å². The van der Waals surface area contributed by atoms with Crippen LogP contribution in [0, 0.1) is 5.92 Å². The molecular formula is C13H21ClN2O. The number of halogens is 1. The zero-order chi connectivity index (χ0) is 12.7. The topological polar surface area (TPSA) is 35.0 Å². The Labute approximate surface area is 109 Å². The van der Waals surface area contributed by atoms with Gasteiger partial charge in [0.1, 0.15) is 11.0 Å². The van der Waals surface area contributed by atoms with Gasteiger partial charge in [0.25, 0.3) is 0 Å². The van der Waals surface area contributed by atoms with Gasteiger partial charge < -0.3 is 4.74 Å². The standard InChI is InChI=1S/C13H21ClN2O/c1-4-6-10(3)9-17-13-8-11(14)15-12(16-13)7-5-2/h8,10H,4-7,9H2,1-3H3. The van der Waals surface area contributed by atoms with Crippen LogP contribution in [0.5, 0.6) is 5.88 Å². The molecule has 0 bridgehead atoms. The molecular weight excluding hydrogens is 236 g/mol. The zero-order valence-electron chi connectivity index (χ0n) is 10.9. The molecule has 4 heteroatoms. The first-order chi connectivity index (χ1) is 8.15. The fourth-order valence-electron chi connectivity index (χ4n) is 1.66. The molecule has 0 spiro atoms. The number of ether oxygens (including phenoxy) is 1. The van der Waals surface area contributed by atoms with Crippen LogP contribution in [0.4, 0.5) is 0 Å². The average molecular weight is 257 g/mol. The molecule has 0 saturated carbocycles. The van der Waals surface area contributed by atoms with Crippen molar-refractivity contribution in [2.45, 2.75) is 46.5 Å². The molecule has 0 fully saturated rings. The minimum atomic E-state index is 0.460. The molecule has 96 valence electrons. The highest BCUT2D eigenvalue weighted by molar-refractivity contribution is 6.29. The van der Waals surface area contributed by atoms with Crippen molar-refractivity contribution < 1.29 is 4.74 Å². The van der Waals surface area contributed by atoms with E-state index in [1.165, 1.54) is 12.8 Å². The van der Waals surface area contributed by atoms with E-state index in [1.807, 2.05) is 0 Å². The van der Waals surface area contributed by atoms with Crippen LogP contribution < -0.4 is 4.74 Å². The molecule has 1 atom stereocenters. The van der Waals surface area contributed by atoms with Gasteiger partial charge in [-0.1, -0.05) is 38.8 Å². The summed E-state index contributed by atoms with van der Waals surface area (Å²) in [4.78, 5) is 8.50. The molecule has 0 amide bonds. The Balaban J connectivity index is 2.57. The average Bonchev–Trinajstić information content (AvgIpc) is 2.26. The summed E-state index contributed by atoms with van der Waals surface area (Å²) < 4.78 is 5.65. The summed E-state index contributed by atoms with van der Waals surface area (Å²) in [5.74, 6) is 1.90. The van der Waals surface area contributed by atoms with Gasteiger partial charge >= 0.3 is 0 Å². The smallest absolute Gasteiger partial charge is 0.218 e. The number of aryl methyl sites for hydroxylation is 1. The third kappa shape index (κ3) is 5.35. The van der Waals surface area contributed by atoms with E-state index in [0.717, 1.165) is 18.7 Å². The maximum Gasteiger partial charge on any atom is 0.218 e. The van der Waals surface area contributed by atoms with Crippen molar-refractivity contribution in [3.63, 3.8) is 0 Å². The summed E-state index contributed by atoms with van der Waals surface area (Å²) in [5, 5.41) is 0.460. The van der Waals surface area contributed by atoms with E-state index in [2.05, 4.69) is 30.7 Å². The van der Waals surface area contributed by atoms with E-state index in [4.69, 9.17) is 16.3 Å². The Bertz CT molecular complexity index is 344. The number of rotatable bonds is 7. The third-order valence-corrected chi connectivity index (χ3v) is 2.68. The lowest BCUT2D eigenvalue weighted by Gasteiger charge is -2.12. The minimum absolute atomic E-state index is 0.460. The predicted molar refractivity (Wildman–Crippen MR) is 70.6 cm³/mol. The number of aromatic nitrogens is 2. The lowest BCUT2D eigenvalue weighted by atomic mass is 10.1. The fraction of sp³-hybridized carbons (Fsp3) is 0.692. The van der Waals surface area contributed by atoms with Gasteiger partial charge in [-0.05, 0) is 18.8 Å². The monoisotopic (exact) mass is 256 g/mol. The summed E-state index contributed by atoms with van der Waals surface area (Å²) in [6.07, 6.45) is 4.18. The first kappa shape index (κ1) is 14.2. The molecule has 0 N–H and O–H groups in total. The Morgan fingerprint density at radius 1 is 1.29 bits per heavy atom. The largest absolute Gasteiger partial charge is 0.477 e. The van der Waals surface area contributed by atoms with Gasteiger partial charge in [0.2, 0.25) is 5.88 Å². The summed E-state index contributed by atoms with van der Waals surface area (Å²) in [7, 11) is 0. The van der Waals surface area contributed by atoms with Crippen molar-refractivity contribution in [2.75, 3.05) is 6.61 Å². The Hall–Kier alpha value is -0.830. The second kappa shape index (κ2) is 7.49. The van der Waals surface area contributed by atoms with E-state index in [9.17, 15) is 0 Å². The van der Waals surface area contributed by atoms with Gasteiger partial charge in [-0.2, -0.15) is 4.98 Å². The second-order valence-electron chi connectivity index (χ2n) is 4.40. The highest BCUT2D eigenvalue weighted by Crippen LogP contribution is 2.16. The van der Waals surface area contributed by atoms with Crippen LogP contribution in [0.15, 0.2) is 6.07 Å². The van der Waals surface area contributed by atoms with Crippen molar-refractivity contribution in [3.8, 4) is 5.88 Å². The van der Waals surface area contributed by atoms with Gasteiger partial charge in [0.15, 0.2) is 0 Å². The summed E-state index contributed by atoms with van der Waals surface area (Å²) >= 11 is 5.93. The number of hydrogen-bond donors (Lipinski definition) is 0. The molecule has 0 aliphatic heterocycles. The van der Waals surface area contributed by atoms with Crippen molar-refractivity contribution in [2.24, 2.45) is 5.92 Å². The second-order valence-corrected chi connectivity index (χ2v) is 4.79. The highest BCUT2D eigenvalue weighted by Gasteiger charge is 2.06. The lowest BCUT2D eigenvalue weighted by molar-refractivity contribution is 0.242. The molecule has 1 aromatic heterocycles. The molecule has 0 aliphatic rings. The maximum atomic E-state index is 5.93. The lowest BCUT2D eigenvalue weighted by Crippen LogP contribution is -2.10. The SMILES string of the molecule is CCCc1nc(Cl)cc(OCC(C)CCC)n1. The van der Waals surface area contributed by atoms with Crippen molar-refractivity contribution in [1.29, 1.82) is 0 Å². The van der Waals surface area contributed by atoms with Crippen LogP contribution >= 0.6 is 11.6 Å². The van der Waals surface area contributed by atoms with E-state index in [0.29, 0.717) is 23.6 Å². The molecule has 1 unspecified atom stereocenters. The predicted octanol–water partition coefficient (Wildman–Crippen LogP) is 3.90. The fourth-order valence-corrected chi connectivity index (χ4v) is 1.85. The van der Waals surface area contributed by atoms with Crippen molar-refractivity contribution in [1.82, 2.24) is 9.97 Å². The van der Waals surface area contributed by atoms with Gasteiger partial charge in [-0.15, -0.1) is 0 Å². The summed E-state index contributed by atoms with van der Waals surface area (Å²) in [5.41, 5.74) is 0. The van der Waals surface area contributed by atoms with Crippen LogP contribution in [0.2, 0.25) is 5.15 Å². The molecule has 1 aromatic rings. The Morgan fingerprint density at radius 3 is 2.71 bits per heavy atom.